The number of aromatic nitrogens is 4. The van der Waals surface area contributed by atoms with Crippen LogP contribution in [-0.4, -0.2) is 86.4 Å². The van der Waals surface area contributed by atoms with E-state index < -0.39 is 11.6 Å². The van der Waals surface area contributed by atoms with Crippen LogP contribution in [0.2, 0.25) is 0 Å². The molecule has 0 spiro atoms. The molecule has 3 aliphatic heterocycles. The predicted molar refractivity (Wildman–Crippen MR) is 144 cm³/mol. The molecule has 1 aromatic carbocycles. The highest BCUT2D eigenvalue weighted by Gasteiger charge is 2.45. The Morgan fingerprint density at radius 1 is 1.12 bits per heavy atom. The SMILES string of the molecule is Nc1ncc(CN2CCC(F)(C(=O)N3CCC(n4c(OCC5CCCO5)nc5cc(F)ccc54)CC3)CC2)cn1. The molecule has 1 atom stereocenters. The summed E-state index contributed by atoms with van der Waals surface area (Å²) >= 11 is 0. The molecule has 3 saturated heterocycles. The minimum absolute atomic E-state index is 0.00135. The highest BCUT2D eigenvalue weighted by molar-refractivity contribution is 5.85. The van der Waals surface area contributed by atoms with Crippen LogP contribution in [0, 0.1) is 5.82 Å². The van der Waals surface area contributed by atoms with Crippen molar-refractivity contribution in [3.8, 4) is 6.01 Å². The highest BCUT2D eigenvalue weighted by atomic mass is 19.1. The molecule has 0 saturated carbocycles. The number of anilines is 1. The zero-order valence-corrected chi connectivity index (χ0v) is 22.5. The number of nitrogens with two attached hydrogens (primary N) is 1. The van der Waals surface area contributed by atoms with Crippen molar-refractivity contribution in [2.24, 2.45) is 0 Å². The third kappa shape index (κ3) is 5.60. The van der Waals surface area contributed by atoms with Crippen LogP contribution in [0.25, 0.3) is 11.0 Å². The van der Waals surface area contributed by atoms with Crippen molar-refractivity contribution in [1.82, 2.24) is 29.3 Å². The first-order valence-electron chi connectivity index (χ1n) is 14.1. The summed E-state index contributed by atoms with van der Waals surface area (Å²) in [6.07, 6.45) is 6.88. The van der Waals surface area contributed by atoms with E-state index in [1.54, 1.807) is 23.4 Å². The quantitative estimate of drug-likeness (QED) is 0.473. The number of amides is 1. The van der Waals surface area contributed by atoms with Crippen LogP contribution in [0.1, 0.15) is 50.1 Å². The van der Waals surface area contributed by atoms with Gasteiger partial charge in [0.1, 0.15) is 12.4 Å². The van der Waals surface area contributed by atoms with Gasteiger partial charge in [0.2, 0.25) is 5.95 Å². The predicted octanol–water partition coefficient (Wildman–Crippen LogP) is 3.27. The van der Waals surface area contributed by atoms with Gasteiger partial charge in [0.25, 0.3) is 11.9 Å². The average molecular weight is 556 g/mol. The summed E-state index contributed by atoms with van der Waals surface area (Å²) < 4.78 is 43.6. The Hall–Kier alpha value is -3.38. The van der Waals surface area contributed by atoms with Crippen molar-refractivity contribution in [2.75, 3.05) is 45.1 Å². The fourth-order valence-electron chi connectivity index (χ4n) is 6.04. The lowest BCUT2D eigenvalue weighted by Gasteiger charge is -2.40. The number of nitrogens with zero attached hydrogens (tertiary/aromatic N) is 6. The lowest BCUT2D eigenvalue weighted by atomic mass is 9.90. The third-order valence-electron chi connectivity index (χ3n) is 8.32. The van der Waals surface area contributed by atoms with Crippen LogP contribution in [0.15, 0.2) is 30.6 Å². The van der Waals surface area contributed by atoms with Gasteiger partial charge in [-0.15, -0.1) is 0 Å². The Morgan fingerprint density at radius 2 is 1.88 bits per heavy atom. The van der Waals surface area contributed by atoms with Gasteiger partial charge in [0.05, 0.1) is 17.1 Å². The molecule has 0 aliphatic carbocycles. The van der Waals surface area contributed by atoms with Crippen LogP contribution in [0.3, 0.4) is 0 Å². The van der Waals surface area contributed by atoms with Crippen LogP contribution in [0.5, 0.6) is 6.01 Å². The minimum Gasteiger partial charge on any atom is -0.462 e. The summed E-state index contributed by atoms with van der Waals surface area (Å²) in [5, 5.41) is 0. The number of halogens is 2. The smallest absolute Gasteiger partial charge is 0.297 e. The van der Waals surface area contributed by atoms with Crippen molar-refractivity contribution in [2.45, 2.75) is 62.9 Å². The van der Waals surface area contributed by atoms with Crippen molar-refractivity contribution in [3.05, 3.63) is 42.0 Å². The van der Waals surface area contributed by atoms with E-state index in [1.807, 2.05) is 4.57 Å². The molecular weight excluding hydrogens is 520 g/mol. The Bertz CT molecular complexity index is 1330. The van der Waals surface area contributed by atoms with E-state index in [0.29, 0.717) is 63.7 Å². The summed E-state index contributed by atoms with van der Waals surface area (Å²) in [4.78, 5) is 29.7. The molecule has 40 heavy (non-hydrogen) atoms. The van der Waals surface area contributed by atoms with Gasteiger partial charge in [-0.1, -0.05) is 0 Å². The molecule has 2 N–H and O–H groups in total. The maximum Gasteiger partial charge on any atom is 0.297 e. The fraction of sp³-hybridized carbons (Fsp3) is 0.571. The van der Waals surface area contributed by atoms with Crippen molar-refractivity contribution in [1.29, 1.82) is 0 Å². The van der Waals surface area contributed by atoms with Gasteiger partial charge in [-0.05, 0) is 37.8 Å². The number of benzene rings is 1. The molecule has 0 bridgehead atoms. The zero-order chi connectivity index (χ0) is 27.7. The van der Waals surface area contributed by atoms with E-state index in [0.717, 1.165) is 30.5 Å². The van der Waals surface area contributed by atoms with Crippen LogP contribution >= 0.6 is 0 Å². The molecule has 5 heterocycles. The average Bonchev–Trinajstić information content (AvgIpc) is 3.61. The summed E-state index contributed by atoms with van der Waals surface area (Å²) in [7, 11) is 0. The van der Waals surface area contributed by atoms with Crippen molar-refractivity contribution >= 4 is 22.9 Å². The van der Waals surface area contributed by atoms with Crippen molar-refractivity contribution < 1.29 is 23.0 Å². The molecule has 0 radical (unpaired) electrons. The molecule has 10 nitrogen and oxygen atoms in total. The van der Waals surface area contributed by atoms with Gasteiger partial charge in [0, 0.05) is 82.2 Å². The Morgan fingerprint density at radius 3 is 2.58 bits per heavy atom. The number of imidazole rings is 1. The van der Waals surface area contributed by atoms with E-state index in [2.05, 4.69) is 19.9 Å². The van der Waals surface area contributed by atoms with Crippen molar-refractivity contribution in [3.63, 3.8) is 0 Å². The van der Waals surface area contributed by atoms with Gasteiger partial charge in [-0.2, -0.15) is 4.98 Å². The van der Waals surface area contributed by atoms with E-state index in [-0.39, 0.29) is 36.8 Å². The number of hydrogen-bond acceptors (Lipinski definition) is 8. The lowest BCUT2D eigenvalue weighted by Crippen LogP contribution is -2.53. The summed E-state index contributed by atoms with van der Waals surface area (Å²) in [5.41, 5.74) is 5.91. The normalized spacial score (nSPS) is 22.1. The minimum atomic E-state index is -1.87. The summed E-state index contributed by atoms with van der Waals surface area (Å²) in [6.45, 7) is 3.54. The lowest BCUT2D eigenvalue weighted by molar-refractivity contribution is -0.148. The molecule has 1 unspecified atom stereocenters. The molecular formula is C28H35F2N7O3. The molecule has 6 rings (SSSR count). The van der Waals surface area contributed by atoms with Crippen LogP contribution in [0.4, 0.5) is 14.7 Å². The maximum atomic E-state index is 15.9. The highest BCUT2D eigenvalue weighted by Crippen LogP contribution is 2.35. The molecule has 3 aliphatic rings. The van der Waals surface area contributed by atoms with E-state index >= 15 is 4.39 Å². The number of likely N-dealkylation sites (tertiary alicyclic amines) is 2. The van der Waals surface area contributed by atoms with E-state index in [9.17, 15) is 9.18 Å². The summed E-state index contributed by atoms with van der Waals surface area (Å²) in [6, 6.07) is 4.97. The topological polar surface area (TPSA) is 112 Å². The molecule has 214 valence electrons. The number of nitrogen functional groups attached to an aromatic ring is 1. The standard InChI is InChI=1S/C28H35F2N7O3/c29-20-3-4-24-23(14-20)34-27(40-18-22-2-1-13-39-22)37(24)21-5-9-36(10-6-21)25(38)28(30)7-11-35(12-8-28)17-19-15-32-26(31)33-16-19/h3-4,14-16,21-22H,1-2,5-13,17-18H2,(H2,31,32,33). The molecule has 2 aromatic heterocycles. The van der Waals surface area contributed by atoms with Gasteiger partial charge >= 0.3 is 0 Å². The second kappa shape index (κ2) is 11.2. The first kappa shape index (κ1) is 26.8. The first-order valence-corrected chi connectivity index (χ1v) is 14.1. The Labute approximate surface area is 231 Å². The Balaban J connectivity index is 1.08. The molecule has 1 amide bonds. The number of carbonyl (C=O) groups excluding carboxylic acids is 1. The van der Waals surface area contributed by atoms with Gasteiger partial charge < -0.3 is 20.1 Å². The third-order valence-corrected chi connectivity index (χ3v) is 8.32. The number of alkyl halides is 1. The number of rotatable bonds is 7. The van der Waals surface area contributed by atoms with Gasteiger partial charge in [-0.3, -0.25) is 14.3 Å². The number of piperidine rings is 2. The van der Waals surface area contributed by atoms with Gasteiger partial charge in [0.15, 0.2) is 5.67 Å². The largest absolute Gasteiger partial charge is 0.462 e. The number of hydrogen-bond donors (Lipinski definition) is 1. The molecule has 3 fully saturated rings. The van der Waals surface area contributed by atoms with Crippen LogP contribution < -0.4 is 10.5 Å². The second-order valence-electron chi connectivity index (χ2n) is 11.1. The number of ether oxygens (including phenoxy) is 2. The maximum absolute atomic E-state index is 15.9. The molecule has 12 heteroatoms. The molecule has 3 aromatic rings. The zero-order valence-electron chi connectivity index (χ0n) is 22.5. The summed E-state index contributed by atoms with van der Waals surface area (Å²) in [5.74, 6) is -0.560. The van der Waals surface area contributed by atoms with E-state index in [1.165, 1.54) is 12.1 Å². The van der Waals surface area contributed by atoms with E-state index in [4.69, 9.17) is 15.2 Å². The Kier molecular flexibility index (Phi) is 7.54. The first-order chi connectivity index (χ1) is 19.4. The monoisotopic (exact) mass is 555 g/mol. The second-order valence-corrected chi connectivity index (χ2v) is 11.1. The fourth-order valence-corrected chi connectivity index (χ4v) is 6.04. The van der Waals surface area contributed by atoms with Gasteiger partial charge in [-0.25, -0.2) is 18.7 Å². The van der Waals surface area contributed by atoms with Crippen LogP contribution in [-0.2, 0) is 16.1 Å². The number of carbonyl (C=O) groups is 1. The number of fused-ring (bicyclic) bond motifs is 1.